The number of benzene rings is 3. The molecule has 5 rings (SSSR count). The molecule has 1 aliphatic heterocycles. The summed E-state index contributed by atoms with van der Waals surface area (Å²) in [5.74, 6) is -0.596. The molecule has 0 saturated carbocycles. The zero-order valence-corrected chi connectivity index (χ0v) is 20.4. The fourth-order valence-electron chi connectivity index (χ4n) is 4.59. The molecule has 3 aromatic carbocycles. The predicted octanol–water partition coefficient (Wildman–Crippen LogP) is 4.30. The van der Waals surface area contributed by atoms with Crippen LogP contribution in [0.3, 0.4) is 0 Å². The molecule has 0 aliphatic carbocycles. The first-order valence-electron chi connectivity index (χ1n) is 12.4. The van der Waals surface area contributed by atoms with E-state index in [2.05, 4.69) is 20.2 Å². The summed E-state index contributed by atoms with van der Waals surface area (Å²) in [6, 6.07) is 21.7. The number of fused-ring (bicyclic) bond motifs is 1. The van der Waals surface area contributed by atoms with Crippen molar-refractivity contribution < 1.29 is 14.3 Å². The van der Waals surface area contributed by atoms with Crippen LogP contribution in [0.4, 0.5) is 11.4 Å². The smallest absolute Gasteiger partial charge is 0.338 e. The molecule has 2 N–H and O–H groups in total. The number of nitrogens with one attached hydrogen (secondary N) is 2. The first kappa shape index (κ1) is 24.2. The summed E-state index contributed by atoms with van der Waals surface area (Å²) < 4.78 is 5.30. The summed E-state index contributed by atoms with van der Waals surface area (Å²) in [7, 11) is 0. The molecule has 0 unspecified atom stereocenters. The molecule has 8 nitrogen and oxygen atoms in total. The third kappa shape index (κ3) is 5.86. The Balaban J connectivity index is 1.20. The number of aromatic amines is 1. The Morgan fingerprint density at radius 2 is 1.65 bits per heavy atom. The summed E-state index contributed by atoms with van der Waals surface area (Å²) in [4.78, 5) is 47.3. The van der Waals surface area contributed by atoms with Crippen LogP contribution < -0.4 is 15.8 Å². The molecule has 4 aromatic rings. The lowest BCUT2D eigenvalue weighted by Gasteiger charge is -2.28. The highest BCUT2D eigenvalue weighted by Gasteiger charge is 2.16. The third-order valence-electron chi connectivity index (χ3n) is 6.46. The molecule has 8 heteroatoms. The van der Waals surface area contributed by atoms with Gasteiger partial charge in [-0.3, -0.25) is 9.59 Å². The number of anilines is 2. The van der Waals surface area contributed by atoms with E-state index in [4.69, 9.17) is 4.74 Å². The van der Waals surface area contributed by atoms with Crippen LogP contribution in [0, 0.1) is 0 Å². The standard InChI is InChI=1S/C29H28N4O4/c34-27(30-21-12-14-22(15-13-21)33-16-6-1-7-17-33)19-37-29(36)23-9-3-2-8-20(23)18-26-31-25-11-5-4-10-24(25)28(35)32-26/h2-5,8-15H,1,6-7,16-19H2,(H,30,34)(H,31,32,35). The van der Waals surface area contributed by atoms with Crippen LogP contribution in [-0.2, 0) is 16.0 Å². The maximum Gasteiger partial charge on any atom is 0.338 e. The minimum absolute atomic E-state index is 0.235. The van der Waals surface area contributed by atoms with E-state index >= 15 is 0 Å². The first-order chi connectivity index (χ1) is 18.1. The summed E-state index contributed by atoms with van der Waals surface area (Å²) >= 11 is 0. The average molecular weight is 497 g/mol. The number of piperidine rings is 1. The van der Waals surface area contributed by atoms with Crippen LogP contribution in [0.1, 0.15) is 41.0 Å². The second kappa shape index (κ2) is 11.1. The highest BCUT2D eigenvalue weighted by molar-refractivity contribution is 5.96. The van der Waals surface area contributed by atoms with E-state index in [1.165, 1.54) is 19.3 Å². The molecule has 1 fully saturated rings. The van der Waals surface area contributed by atoms with Gasteiger partial charge < -0.3 is 19.9 Å². The Morgan fingerprint density at radius 3 is 2.46 bits per heavy atom. The Kier molecular flexibility index (Phi) is 7.26. The number of rotatable bonds is 7. The van der Waals surface area contributed by atoms with E-state index in [1.54, 1.807) is 42.5 Å². The summed E-state index contributed by atoms with van der Waals surface area (Å²) in [5.41, 5.74) is 3.09. The lowest BCUT2D eigenvalue weighted by atomic mass is 10.0. The van der Waals surface area contributed by atoms with Crippen molar-refractivity contribution in [1.29, 1.82) is 0 Å². The van der Waals surface area contributed by atoms with Gasteiger partial charge in [-0.1, -0.05) is 30.3 Å². The molecule has 1 aromatic heterocycles. The van der Waals surface area contributed by atoms with Gasteiger partial charge in [0.2, 0.25) is 0 Å². The number of nitrogens with zero attached hydrogens (tertiary/aromatic N) is 2. The van der Waals surface area contributed by atoms with Gasteiger partial charge in [0.1, 0.15) is 5.82 Å². The number of hydrogen-bond acceptors (Lipinski definition) is 6. The van der Waals surface area contributed by atoms with Gasteiger partial charge in [0, 0.05) is 30.9 Å². The van der Waals surface area contributed by atoms with Gasteiger partial charge in [-0.25, -0.2) is 9.78 Å². The largest absolute Gasteiger partial charge is 0.452 e. The predicted molar refractivity (Wildman–Crippen MR) is 143 cm³/mol. The van der Waals surface area contributed by atoms with Gasteiger partial charge in [0.25, 0.3) is 11.5 Å². The molecular formula is C29H28N4O4. The van der Waals surface area contributed by atoms with Crippen LogP contribution in [0.25, 0.3) is 10.9 Å². The first-order valence-corrected chi connectivity index (χ1v) is 12.4. The fraction of sp³-hybridized carbons (Fsp3) is 0.241. The molecule has 1 saturated heterocycles. The second-order valence-electron chi connectivity index (χ2n) is 9.08. The number of hydrogen-bond donors (Lipinski definition) is 2. The summed E-state index contributed by atoms with van der Waals surface area (Å²) in [6.45, 7) is 1.69. The van der Waals surface area contributed by atoms with Crippen molar-refractivity contribution in [2.75, 3.05) is 29.9 Å². The van der Waals surface area contributed by atoms with E-state index < -0.39 is 18.5 Å². The quantitative estimate of drug-likeness (QED) is 0.370. The van der Waals surface area contributed by atoms with Crippen molar-refractivity contribution >= 4 is 34.2 Å². The lowest BCUT2D eigenvalue weighted by molar-refractivity contribution is -0.119. The molecule has 188 valence electrons. The van der Waals surface area contributed by atoms with Crippen molar-refractivity contribution in [2.24, 2.45) is 0 Å². The van der Waals surface area contributed by atoms with E-state index in [1.807, 2.05) is 30.3 Å². The van der Waals surface area contributed by atoms with Crippen molar-refractivity contribution in [3.05, 3.63) is 100 Å². The van der Waals surface area contributed by atoms with Crippen molar-refractivity contribution in [1.82, 2.24) is 9.97 Å². The van der Waals surface area contributed by atoms with Crippen molar-refractivity contribution in [2.45, 2.75) is 25.7 Å². The topological polar surface area (TPSA) is 104 Å². The summed E-state index contributed by atoms with van der Waals surface area (Å²) in [5, 5.41) is 3.28. The minimum atomic E-state index is -0.616. The van der Waals surface area contributed by atoms with E-state index in [9.17, 15) is 14.4 Å². The van der Waals surface area contributed by atoms with Gasteiger partial charge in [-0.05, 0) is 67.3 Å². The number of carbonyl (C=O) groups excluding carboxylic acids is 2. The number of aromatic nitrogens is 2. The lowest BCUT2D eigenvalue weighted by Crippen LogP contribution is -2.29. The van der Waals surface area contributed by atoms with Crippen LogP contribution in [0.15, 0.2) is 77.6 Å². The van der Waals surface area contributed by atoms with Crippen LogP contribution in [0.2, 0.25) is 0 Å². The molecule has 0 spiro atoms. The maximum atomic E-state index is 12.8. The number of H-pyrrole nitrogens is 1. The Bertz CT molecular complexity index is 1470. The van der Waals surface area contributed by atoms with Crippen molar-refractivity contribution in [3.8, 4) is 0 Å². The van der Waals surface area contributed by atoms with Gasteiger partial charge in [0.15, 0.2) is 6.61 Å². The fourth-order valence-corrected chi connectivity index (χ4v) is 4.59. The molecule has 0 atom stereocenters. The zero-order valence-electron chi connectivity index (χ0n) is 20.4. The van der Waals surface area contributed by atoms with E-state index in [-0.39, 0.29) is 12.0 Å². The van der Waals surface area contributed by atoms with Gasteiger partial charge >= 0.3 is 5.97 Å². The molecule has 37 heavy (non-hydrogen) atoms. The van der Waals surface area contributed by atoms with Crippen molar-refractivity contribution in [3.63, 3.8) is 0 Å². The summed E-state index contributed by atoms with van der Waals surface area (Å²) in [6.07, 6.45) is 3.90. The van der Waals surface area contributed by atoms with Crippen LogP contribution >= 0.6 is 0 Å². The normalized spacial score (nSPS) is 13.4. The number of ether oxygens (including phenoxy) is 1. The van der Waals surface area contributed by atoms with E-state index in [0.29, 0.717) is 33.5 Å². The molecule has 2 heterocycles. The minimum Gasteiger partial charge on any atom is -0.452 e. The highest BCUT2D eigenvalue weighted by Crippen LogP contribution is 2.22. The average Bonchev–Trinajstić information content (AvgIpc) is 2.93. The van der Waals surface area contributed by atoms with Crippen LogP contribution in [0.5, 0.6) is 0 Å². The molecule has 0 bridgehead atoms. The Hall–Kier alpha value is -4.46. The number of esters is 1. The monoisotopic (exact) mass is 496 g/mol. The number of para-hydroxylation sites is 1. The van der Waals surface area contributed by atoms with Crippen LogP contribution in [-0.4, -0.2) is 41.5 Å². The maximum absolute atomic E-state index is 12.8. The number of amides is 1. The highest BCUT2D eigenvalue weighted by atomic mass is 16.5. The molecular weight excluding hydrogens is 468 g/mol. The Labute approximate surface area is 214 Å². The SMILES string of the molecule is O=C(COC(=O)c1ccccc1Cc1nc2ccccc2c(=O)[nH]1)Nc1ccc(N2CCCCC2)cc1. The zero-order chi connectivity index (χ0) is 25.6. The molecule has 1 amide bonds. The molecule has 0 radical (unpaired) electrons. The van der Waals surface area contributed by atoms with Gasteiger partial charge in [-0.15, -0.1) is 0 Å². The van der Waals surface area contributed by atoms with E-state index in [0.717, 1.165) is 18.8 Å². The molecule has 1 aliphatic rings. The Morgan fingerprint density at radius 1 is 0.919 bits per heavy atom. The number of carbonyl (C=O) groups is 2. The van der Waals surface area contributed by atoms with Gasteiger partial charge in [-0.2, -0.15) is 0 Å². The van der Waals surface area contributed by atoms with Gasteiger partial charge in [0.05, 0.1) is 16.5 Å². The third-order valence-corrected chi connectivity index (χ3v) is 6.46. The second-order valence-corrected chi connectivity index (χ2v) is 9.08.